The molecule has 0 radical (unpaired) electrons. The molecular formula is C7H14F2N2. The van der Waals surface area contributed by atoms with Crippen LogP contribution in [0.1, 0.15) is 12.8 Å². The number of hydrogen-bond acceptors (Lipinski definition) is 2. The summed E-state index contributed by atoms with van der Waals surface area (Å²) in [5.41, 5.74) is 0. The number of halogens is 2. The normalized spacial score (nSPS) is 31.4. The summed E-state index contributed by atoms with van der Waals surface area (Å²) in [5.74, 6) is -2.54. The van der Waals surface area contributed by atoms with Gasteiger partial charge in [0.25, 0.3) is 5.92 Å². The minimum atomic E-state index is -2.54. The van der Waals surface area contributed by atoms with E-state index in [2.05, 4.69) is 10.6 Å². The fraction of sp³-hybridized carbons (Fsp3) is 1.00. The number of alkyl halides is 2. The highest BCUT2D eigenvalue weighted by molar-refractivity contribution is 4.81. The highest BCUT2D eigenvalue weighted by Crippen LogP contribution is 2.22. The first-order valence-electron chi connectivity index (χ1n) is 3.90. The molecule has 1 atom stereocenters. The van der Waals surface area contributed by atoms with Crippen molar-refractivity contribution >= 4 is 0 Å². The van der Waals surface area contributed by atoms with Gasteiger partial charge in [-0.3, -0.25) is 0 Å². The van der Waals surface area contributed by atoms with Gasteiger partial charge in [-0.05, 0) is 20.0 Å². The fourth-order valence-corrected chi connectivity index (χ4v) is 1.33. The SMILES string of the molecule is CNC1CCNCC(F)(F)C1. The molecule has 0 spiro atoms. The van der Waals surface area contributed by atoms with Crippen LogP contribution in [-0.2, 0) is 0 Å². The molecule has 11 heavy (non-hydrogen) atoms. The molecule has 1 saturated heterocycles. The van der Waals surface area contributed by atoms with E-state index in [9.17, 15) is 8.78 Å². The summed E-state index contributed by atoms with van der Waals surface area (Å²) >= 11 is 0. The van der Waals surface area contributed by atoms with Crippen molar-refractivity contribution < 1.29 is 8.78 Å². The first kappa shape index (κ1) is 8.87. The van der Waals surface area contributed by atoms with Crippen LogP contribution in [0.5, 0.6) is 0 Å². The van der Waals surface area contributed by atoms with Crippen LogP contribution in [-0.4, -0.2) is 32.1 Å². The summed E-state index contributed by atoms with van der Waals surface area (Å²) in [4.78, 5) is 0. The predicted octanol–water partition coefficient (Wildman–Crippen LogP) is 0.593. The Kier molecular flexibility index (Phi) is 2.78. The van der Waals surface area contributed by atoms with Crippen LogP contribution >= 0.6 is 0 Å². The van der Waals surface area contributed by atoms with E-state index < -0.39 is 5.92 Å². The molecule has 0 aromatic heterocycles. The molecule has 1 aliphatic rings. The molecular weight excluding hydrogens is 150 g/mol. The van der Waals surface area contributed by atoms with Crippen molar-refractivity contribution in [3.8, 4) is 0 Å². The Hall–Kier alpha value is -0.220. The van der Waals surface area contributed by atoms with Crippen LogP contribution < -0.4 is 10.6 Å². The molecule has 2 N–H and O–H groups in total. The molecule has 0 aromatic carbocycles. The molecule has 1 unspecified atom stereocenters. The lowest BCUT2D eigenvalue weighted by molar-refractivity contribution is -0.00761. The zero-order valence-corrected chi connectivity index (χ0v) is 6.66. The average Bonchev–Trinajstić information content (AvgIpc) is 2.10. The van der Waals surface area contributed by atoms with Gasteiger partial charge in [-0.1, -0.05) is 0 Å². The maximum atomic E-state index is 12.8. The standard InChI is InChI=1S/C7H14F2N2/c1-10-6-2-3-11-5-7(8,9)4-6/h6,10-11H,2-5H2,1H3. The van der Waals surface area contributed by atoms with Gasteiger partial charge in [-0.15, -0.1) is 0 Å². The molecule has 1 aliphatic heterocycles. The van der Waals surface area contributed by atoms with Crippen molar-refractivity contribution in [3.63, 3.8) is 0 Å². The molecule has 2 nitrogen and oxygen atoms in total. The summed E-state index contributed by atoms with van der Waals surface area (Å²) in [6.07, 6.45) is 0.739. The molecule has 1 fully saturated rings. The van der Waals surface area contributed by atoms with E-state index in [1.165, 1.54) is 0 Å². The number of rotatable bonds is 1. The topological polar surface area (TPSA) is 24.1 Å². The molecule has 0 aromatic rings. The fourth-order valence-electron chi connectivity index (χ4n) is 1.33. The number of hydrogen-bond donors (Lipinski definition) is 2. The molecule has 66 valence electrons. The molecule has 0 amide bonds. The third-order valence-electron chi connectivity index (χ3n) is 2.01. The van der Waals surface area contributed by atoms with Crippen molar-refractivity contribution in [1.29, 1.82) is 0 Å². The summed E-state index contributed by atoms with van der Waals surface area (Å²) in [7, 11) is 1.73. The Labute approximate surface area is 65.4 Å². The summed E-state index contributed by atoms with van der Waals surface area (Å²) in [5, 5.41) is 5.59. The Morgan fingerprint density at radius 1 is 1.55 bits per heavy atom. The third kappa shape index (κ3) is 2.71. The second-order valence-electron chi connectivity index (χ2n) is 3.01. The monoisotopic (exact) mass is 164 g/mol. The third-order valence-corrected chi connectivity index (χ3v) is 2.01. The molecule has 1 rings (SSSR count). The van der Waals surface area contributed by atoms with Crippen LogP contribution in [0.4, 0.5) is 8.78 Å². The van der Waals surface area contributed by atoms with E-state index in [-0.39, 0.29) is 19.0 Å². The van der Waals surface area contributed by atoms with Crippen molar-refractivity contribution in [2.75, 3.05) is 20.1 Å². The average molecular weight is 164 g/mol. The predicted molar refractivity (Wildman–Crippen MR) is 39.9 cm³/mol. The van der Waals surface area contributed by atoms with Crippen molar-refractivity contribution in [1.82, 2.24) is 10.6 Å². The van der Waals surface area contributed by atoms with Gasteiger partial charge in [0.15, 0.2) is 0 Å². The van der Waals surface area contributed by atoms with Crippen LogP contribution in [0.3, 0.4) is 0 Å². The largest absolute Gasteiger partial charge is 0.317 e. The Morgan fingerprint density at radius 3 is 2.91 bits per heavy atom. The van der Waals surface area contributed by atoms with Crippen LogP contribution in [0, 0.1) is 0 Å². The van der Waals surface area contributed by atoms with Gasteiger partial charge in [-0.2, -0.15) is 0 Å². The quantitative estimate of drug-likeness (QED) is 0.593. The van der Waals surface area contributed by atoms with E-state index in [0.717, 1.165) is 6.42 Å². The van der Waals surface area contributed by atoms with Gasteiger partial charge in [0.1, 0.15) is 0 Å². The smallest absolute Gasteiger partial charge is 0.261 e. The molecule has 0 bridgehead atoms. The van der Waals surface area contributed by atoms with Gasteiger partial charge < -0.3 is 10.6 Å². The van der Waals surface area contributed by atoms with E-state index in [0.29, 0.717) is 6.54 Å². The Balaban J connectivity index is 2.47. The second kappa shape index (κ2) is 3.45. The highest BCUT2D eigenvalue weighted by Gasteiger charge is 2.33. The first-order chi connectivity index (χ1) is 5.14. The lowest BCUT2D eigenvalue weighted by atomic mass is 10.1. The molecule has 0 aliphatic carbocycles. The van der Waals surface area contributed by atoms with E-state index >= 15 is 0 Å². The second-order valence-corrected chi connectivity index (χ2v) is 3.01. The zero-order valence-electron chi connectivity index (χ0n) is 6.66. The summed E-state index contributed by atoms with van der Waals surface area (Å²) in [6.45, 7) is 0.506. The van der Waals surface area contributed by atoms with Gasteiger partial charge >= 0.3 is 0 Å². The lowest BCUT2D eigenvalue weighted by Crippen LogP contribution is -2.34. The summed E-state index contributed by atoms with van der Waals surface area (Å²) < 4.78 is 25.6. The molecule has 0 saturated carbocycles. The number of nitrogens with one attached hydrogen (secondary N) is 2. The maximum absolute atomic E-state index is 12.8. The van der Waals surface area contributed by atoms with Crippen molar-refractivity contribution in [2.45, 2.75) is 24.8 Å². The first-order valence-corrected chi connectivity index (χ1v) is 3.90. The van der Waals surface area contributed by atoms with E-state index in [4.69, 9.17) is 0 Å². The van der Waals surface area contributed by atoms with Crippen LogP contribution in [0.25, 0.3) is 0 Å². The maximum Gasteiger partial charge on any atom is 0.261 e. The minimum absolute atomic E-state index is 0.0417. The Bertz CT molecular complexity index is 128. The zero-order chi connectivity index (χ0) is 8.32. The van der Waals surface area contributed by atoms with Gasteiger partial charge in [0.05, 0.1) is 6.54 Å². The van der Waals surface area contributed by atoms with E-state index in [1.807, 2.05) is 0 Å². The van der Waals surface area contributed by atoms with Gasteiger partial charge in [0.2, 0.25) is 0 Å². The van der Waals surface area contributed by atoms with Gasteiger partial charge in [-0.25, -0.2) is 8.78 Å². The molecule has 4 heteroatoms. The highest BCUT2D eigenvalue weighted by atomic mass is 19.3. The van der Waals surface area contributed by atoms with E-state index in [1.54, 1.807) is 7.05 Å². The van der Waals surface area contributed by atoms with Gasteiger partial charge in [0, 0.05) is 12.5 Å². The van der Waals surface area contributed by atoms with Crippen molar-refractivity contribution in [3.05, 3.63) is 0 Å². The Morgan fingerprint density at radius 2 is 2.27 bits per heavy atom. The lowest BCUT2D eigenvalue weighted by Gasteiger charge is -2.17. The van der Waals surface area contributed by atoms with Crippen molar-refractivity contribution in [2.24, 2.45) is 0 Å². The molecule has 1 heterocycles. The van der Waals surface area contributed by atoms with Crippen LogP contribution in [0.2, 0.25) is 0 Å². The summed E-state index contributed by atoms with van der Waals surface area (Å²) in [6, 6.07) is -0.0417. The minimum Gasteiger partial charge on any atom is -0.317 e. The van der Waals surface area contributed by atoms with Crippen LogP contribution in [0.15, 0.2) is 0 Å².